The number of hydrazine groups is 1. The zero-order chi connectivity index (χ0) is 19.2. The number of benzene rings is 1. The van der Waals surface area contributed by atoms with E-state index in [1.54, 1.807) is 18.2 Å². The maximum absolute atomic E-state index is 12.8. The second-order valence-electron chi connectivity index (χ2n) is 7.25. The van der Waals surface area contributed by atoms with Crippen molar-refractivity contribution in [3.63, 3.8) is 0 Å². The van der Waals surface area contributed by atoms with E-state index in [9.17, 15) is 14.4 Å². The molecule has 0 unspecified atom stereocenters. The molecule has 2 fully saturated rings. The molecule has 0 radical (unpaired) electrons. The molecule has 8 nitrogen and oxygen atoms in total. The molecule has 1 spiro atoms. The zero-order valence-corrected chi connectivity index (χ0v) is 15.3. The van der Waals surface area contributed by atoms with Crippen LogP contribution in [0, 0.1) is 13.8 Å². The monoisotopic (exact) mass is 367 g/mol. The van der Waals surface area contributed by atoms with Crippen LogP contribution in [0.15, 0.2) is 18.2 Å². The number of fused-ring (bicyclic) bond motifs is 1. The number of nitrogens with one attached hydrogen (secondary N) is 2. The smallest absolute Gasteiger partial charge is 0.322 e. The number of hydrogen-bond donors (Lipinski definition) is 2. The largest absolute Gasteiger partial charge is 0.344 e. The van der Waals surface area contributed by atoms with Crippen molar-refractivity contribution in [3.05, 3.63) is 35.2 Å². The predicted molar refractivity (Wildman–Crippen MR) is 97.7 cm³/mol. The van der Waals surface area contributed by atoms with Crippen molar-refractivity contribution in [2.24, 2.45) is 0 Å². The molecule has 1 aromatic carbocycles. The van der Waals surface area contributed by atoms with Gasteiger partial charge in [0.25, 0.3) is 11.8 Å². The molecule has 140 valence electrons. The average Bonchev–Trinajstić information content (AvgIpc) is 2.87. The van der Waals surface area contributed by atoms with Gasteiger partial charge >= 0.3 is 6.03 Å². The summed E-state index contributed by atoms with van der Waals surface area (Å²) in [6.45, 7) is 3.73. The number of carbonyl (C=O) groups is 3. The Labute approximate surface area is 156 Å². The van der Waals surface area contributed by atoms with E-state index in [-0.39, 0.29) is 5.91 Å². The SMILES string of the molecule is Cc1nc2ccc(C(=O)NN3C(=O)NC4(CCCCC4)C3=O)cc2nc1C. The van der Waals surface area contributed by atoms with E-state index >= 15 is 0 Å². The lowest BCUT2D eigenvalue weighted by Gasteiger charge is -2.30. The van der Waals surface area contributed by atoms with Crippen LogP contribution in [0.1, 0.15) is 53.8 Å². The summed E-state index contributed by atoms with van der Waals surface area (Å²) in [6, 6.07) is 4.34. The quantitative estimate of drug-likeness (QED) is 0.792. The summed E-state index contributed by atoms with van der Waals surface area (Å²) in [6.07, 6.45) is 4.03. The lowest BCUT2D eigenvalue weighted by atomic mass is 9.82. The van der Waals surface area contributed by atoms with Crippen LogP contribution in [-0.2, 0) is 4.79 Å². The van der Waals surface area contributed by atoms with Crippen molar-refractivity contribution >= 4 is 28.9 Å². The van der Waals surface area contributed by atoms with Gasteiger partial charge in [0, 0.05) is 5.56 Å². The van der Waals surface area contributed by atoms with E-state index in [2.05, 4.69) is 20.7 Å². The first-order valence-corrected chi connectivity index (χ1v) is 9.12. The molecule has 2 aliphatic rings. The second-order valence-corrected chi connectivity index (χ2v) is 7.25. The first-order chi connectivity index (χ1) is 12.9. The number of carbonyl (C=O) groups excluding carboxylic acids is 3. The molecule has 4 rings (SSSR count). The third-order valence-electron chi connectivity index (χ3n) is 5.42. The van der Waals surface area contributed by atoms with Crippen molar-refractivity contribution in [3.8, 4) is 0 Å². The van der Waals surface area contributed by atoms with Crippen molar-refractivity contribution in [2.45, 2.75) is 51.5 Å². The van der Waals surface area contributed by atoms with Gasteiger partial charge in [0.05, 0.1) is 22.4 Å². The van der Waals surface area contributed by atoms with Crippen LogP contribution in [0.5, 0.6) is 0 Å². The maximum Gasteiger partial charge on any atom is 0.344 e. The summed E-state index contributed by atoms with van der Waals surface area (Å²) in [5.41, 5.74) is 4.77. The van der Waals surface area contributed by atoms with Crippen molar-refractivity contribution in [1.82, 2.24) is 25.7 Å². The minimum atomic E-state index is -0.869. The van der Waals surface area contributed by atoms with Crippen LogP contribution in [0.3, 0.4) is 0 Å². The third-order valence-corrected chi connectivity index (χ3v) is 5.42. The molecule has 1 aliphatic carbocycles. The number of urea groups is 1. The van der Waals surface area contributed by atoms with Gasteiger partial charge in [0.1, 0.15) is 5.54 Å². The molecule has 27 heavy (non-hydrogen) atoms. The minimum absolute atomic E-state index is 0.310. The van der Waals surface area contributed by atoms with E-state index in [0.29, 0.717) is 29.4 Å². The van der Waals surface area contributed by atoms with Gasteiger partial charge < -0.3 is 5.32 Å². The molecule has 1 aliphatic heterocycles. The van der Waals surface area contributed by atoms with Crippen LogP contribution >= 0.6 is 0 Å². The number of amides is 4. The standard InChI is InChI=1S/C19H21N5O3/c1-11-12(2)21-15-10-13(6-7-14(15)20-11)16(25)23-24-17(26)19(22-18(24)27)8-4-3-5-9-19/h6-7,10H,3-5,8-9H2,1-2H3,(H,22,27)(H,23,25). The summed E-state index contributed by atoms with van der Waals surface area (Å²) in [5.74, 6) is -0.916. The third kappa shape index (κ3) is 2.90. The molecule has 8 heteroatoms. The fourth-order valence-electron chi connectivity index (χ4n) is 3.75. The molecule has 0 bridgehead atoms. The number of rotatable bonds is 2. The highest BCUT2D eigenvalue weighted by Crippen LogP contribution is 2.33. The fourth-order valence-corrected chi connectivity index (χ4v) is 3.75. The Morgan fingerprint density at radius 3 is 2.44 bits per heavy atom. The van der Waals surface area contributed by atoms with Gasteiger partial charge in [-0.05, 0) is 44.9 Å². The summed E-state index contributed by atoms with van der Waals surface area (Å²) < 4.78 is 0. The minimum Gasteiger partial charge on any atom is -0.322 e. The summed E-state index contributed by atoms with van der Waals surface area (Å²) in [4.78, 5) is 46.5. The molecular weight excluding hydrogens is 346 g/mol. The Bertz CT molecular complexity index is 965. The zero-order valence-electron chi connectivity index (χ0n) is 15.3. The topological polar surface area (TPSA) is 104 Å². The Morgan fingerprint density at radius 2 is 1.74 bits per heavy atom. The number of aryl methyl sites for hydroxylation is 2. The van der Waals surface area contributed by atoms with E-state index in [1.165, 1.54) is 0 Å². The Kier molecular flexibility index (Phi) is 4.05. The molecule has 0 atom stereocenters. The average molecular weight is 367 g/mol. The molecule has 2 N–H and O–H groups in total. The van der Waals surface area contributed by atoms with Crippen molar-refractivity contribution in [1.29, 1.82) is 0 Å². The Hall–Kier alpha value is -3.03. The lowest BCUT2D eigenvalue weighted by Crippen LogP contribution is -2.50. The highest BCUT2D eigenvalue weighted by Gasteiger charge is 2.52. The lowest BCUT2D eigenvalue weighted by molar-refractivity contribution is -0.134. The second kappa shape index (κ2) is 6.29. The molecule has 1 saturated heterocycles. The summed E-state index contributed by atoms with van der Waals surface area (Å²) in [7, 11) is 0. The maximum atomic E-state index is 12.8. The molecule has 4 amide bonds. The van der Waals surface area contributed by atoms with E-state index in [0.717, 1.165) is 35.7 Å². The van der Waals surface area contributed by atoms with Crippen molar-refractivity contribution in [2.75, 3.05) is 0 Å². The van der Waals surface area contributed by atoms with Gasteiger partial charge in [0.2, 0.25) is 0 Å². The van der Waals surface area contributed by atoms with Gasteiger partial charge in [0.15, 0.2) is 0 Å². The van der Waals surface area contributed by atoms with Gasteiger partial charge in [-0.25, -0.2) is 14.8 Å². The Balaban J connectivity index is 1.57. The predicted octanol–water partition coefficient (Wildman–Crippen LogP) is 2.15. The van der Waals surface area contributed by atoms with Crippen LogP contribution in [-0.4, -0.2) is 38.4 Å². The molecule has 2 heterocycles. The number of nitrogens with zero attached hydrogens (tertiary/aromatic N) is 3. The highest BCUT2D eigenvalue weighted by atomic mass is 16.2. The fraction of sp³-hybridized carbons (Fsp3) is 0.421. The first kappa shape index (κ1) is 17.4. The Morgan fingerprint density at radius 1 is 1.07 bits per heavy atom. The summed E-state index contributed by atoms with van der Waals surface area (Å²) >= 11 is 0. The van der Waals surface area contributed by atoms with E-state index in [4.69, 9.17) is 0 Å². The van der Waals surface area contributed by atoms with Gasteiger partial charge in [-0.2, -0.15) is 5.01 Å². The van der Waals surface area contributed by atoms with E-state index < -0.39 is 17.5 Å². The first-order valence-electron chi connectivity index (χ1n) is 9.12. The van der Waals surface area contributed by atoms with E-state index in [1.807, 2.05) is 13.8 Å². The normalized spacial score (nSPS) is 18.8. The molecule has 1 aromatic heterocycles. The number of hydrogen-bond acceptors (Lipinski definition) is 5. The van der Waals surface area contributed by atoms with Gasteiger partial charge in [-0.3, -0.25) is 15.0 Å². The number of aromatic nitrogens is 2. The highest BCUT2D eigenvalue weighted by molar-refractivity contribution is 6.09. The van der Waals surface area contributed by atoms with Crippen LogP contribution in [0.4, 0.5) is 4.79 Å². The van der Waals surface area contributed by atoms with Crippen LogP contribution < -0.4 is 10.7 Å². The van der Waals surface area contributed by atoms with Gasteiger partial charge in [-0.15, -0.1) is 0 Å². The van der Waals surface area contributed by atoms with Crippen LogP contribution in [0.2, 0.25) is 0 Å². The molecule has 2 aromatic rings. The van der Waals surface area contributed by atoms with Crippen molar-refractivity contribution < 1.29 is 14.4 Å². The summed E-state index contributed by atoms with van der Waals surface area (Å²) in [5, 5.41) is 3.58. The van der Waals surface area contributed by atoms with Crippen LogP contribution in [0.25, 0.3) is 11.0 Å². The molecular formula is C19H21N5O3. The number of imide groups is 1. The van der Waals surface area contributed by atoms with Gasteiger partial charge in [-0.1, -0.05) is 19.3 Å². The molecule has 1 saturated carbocycles.